The van der Waals surface area contributed by atoms with E-state index in [0.29, 0.717) is 5.54 Å². The molecule has 1 saturated carbocycles. The summed E-state index contributed by atoms with van der Waals surface area (Å²) in [5.74, 6) is 0. The number of hydrogen-bond donors (Lipinski definition) is 2. The summed E-state index contributed by atoms with van der Waals surface area (Å²) in [6.07, 6.45) is 4.20. The second-order valence-corrected chi connectivity index (χ2v) is 3.24. The van der Waals surface area contributed by atoms with Gasteiger partial charge in [-0.1, -0.05) is 13.8 Å². The van der Waals surface area contributed by atoms with Gasteiger partial charge >= 0.3 is 0 Å². The van der Waals surface area contributed by atoms with Crippen molar-refractivity contribution in [3.05, 3.63) is 7.43 Å². The van der Waals surface area contributed by atoms with Crippen molar-refractivity contribution >= 4 is 0 Å². The Morgan fingerprint density at radius 1 is 1.08 bits per heavy atom. The molecule has 2 aliphatic rings. The van der Waals surface area contributed by atoms with Gasteiger partial charge in [-0.2, -0.15) is 0 Å². The zero-order valence-corrected chi connectivity index (χ0v) is 10.6. The Bertz CT molecular complexity index is 105. The van der Waals surface area contributed by atoms with Crippen LogP contribution in [0.4, 0.5) is 0 Å². The molecular weight excluding hydrogens is 199 g/mol. The van der Waals surface area contributed by atoms with Gasteiger partial charge < -0.3 is 18.1 Å². The third-order valence-electron chi connectivity index (χ3n) is 2.58. The number of piperazine rings is 1. The SMILES string of the molecule is C1CC2(C1)CNCCN2.CC.[CH3-].[V]. The van der Waals surface area contributed by atoms with E-state index in [1.807, 2.05) is 13.8 Å². The topological polar surface area (TPSA) is 24.1 Å². The Kier molecular flexibility index (Phi) is 9.65. The molecule has 1 spiro atoms. The molecule has 0 amide bonds. The minimum absolute atomic E-state index is 0. The first kappa shape index (κ1) is 16.0. The van der Waals surface area contributed by atoms with Gasteiger partial charge in [0.1, 0.15) is 0 Å². The van der Waals surface area contributed by atoms with Gasteiger partial charge in [-0.25, -0.2) is 0 Å². The normalized spacial score (nSPS) is 22.6. The fourth-order valence-corrected chi connectivity index (χ4v) is 1.76. The maximum Gasteiger partial charge on any atom is 0.0306 e. The Morgan fingerprint density at radius 2 is 1.69 bits per heavy atom. The molecule has 0 atom stereocenters. The Balaban J connectivity index is 0. The van der Waals surface area contributed by atoms with Gasteiger partial charge in [0, 0.05) is 43.7 Å². The monoisotopic (exact) mass is 222 g/mol. The van der Waals surface area contributed by atoms with E-state index in [4.69, 9.17) is 0 Å². The third-order valence-corrected chi connectivity index (χ3v) is 2.58. The first-order valence-electron chi connectivity index (χ1n) is 4.87. The van der Waals surface area contributed by atoms with Crippen LogP contribution in [0.2, 0.25) is 0 Å². The molecule has 13 heavy (non-hydrogen) atoms. The van der Waals surface area contributed by atoms with E-state index >= 15 is 0 Å². The molecule has 0 unspecified atom stereocenters. The molecule has 1 aliphatic heterocycles. The fraction of sp³-hybridized carbons (Fsp3) is 0.900. The van der Waals surface area contributed by atoms with Crippen LogP contribution in [0.25, 0.3) is 0 Å². The van der Waals surface area contributed by atoms with E-state index in [-0.39, 0.29) is 26.0 Å². The van der Waals surface area contributed by atoms with Crippen LogP contribution in [0.5, 0.6) is 0 Å². The van der Waals surface area contributed by atoms with E-state index in [9.17, 15) is 0 Å². The predicted octanol–water partition coefficient (Wildman–Crippen LogP) is 1.58. The smallest absolute Gasteiger partial charge is 0.0306 e. The zero-order valence-electron chi connectivity index (χ0n) is 9.19. The van der Waals surface area contributed by atoms with E-state index in [1.54, 1.807) is 0 Å². The van der Waals surface area contributed by atoms with Crippen LogP contribution in [-0.2, 0) is 18.6 Å². The molecule has 0 bridgehead atoms. The van der Waals surface area contributed by atoms with Gasteiger partial charge in [-0.15, -0.1) is 0 Å². The van der Waals surface area contributed by atoms with Gasteiger partial charge in [0.25, 0.3) is 0 Å². The minimum Gasteiger partial charge on any atom is -0.358 e. The van der Waals surface area contributed by atoms with Crippen molar-refractivity contribution in [2.45, 2.75) is 38.6 Å². The molecule has 0 aromatic carbocycles. The van der Waals surface area contributed by atoms with Crippen molar-refractivity contribution in [2.75, 3.05) is 19.6 Å². The zero-order chi connectivity index (χ0) is 8.16. The van der Waals surface area contributed by atoms with Crippen molar-refractivity contribution in [3.63, 3.8) is 0 Å². The summed E-state index contributed by atoms with van der Waals surface area (Å²) in [5, 5.41) is 6.98. The van der Waals surface area contributed by atoms with Crippen LogP contribution in [0.3, 0.4) is 0 Å². The summed E-state index contributed by atoms with van der Waals surface area (Å²) < 4.78 is 0. The molecule has 1 aliphatic carbocycles. The van der Waals surface area contributed by atoms with Crippen molar-refractivity contribution in [2.24, 2.45) is 0 Å². The Labute approximate surface area is 95.1 Å². The third kappa shape index (κ3) is 4.03. The first-order valence-corrected chi connectivity index (χ1v) is 4.87. The van der Waals surface area contributed by atoms with Crippen molar-refractivity contribution in [3.8, 4) is 0 Å². The molecule has 1 saturated heterocycles. The van der Waals surface area contributed by atoms with Crippen molar-refractivity contribution in [1.29, 1.82) is 0 Å². The van der Waals surface area contributed by atoms with E-state index < -0.39 is 0 Å². The second-order valence-electron chi connectivity index (χ2n) is 3.24. The summed E-state index contributed by atoms with van der Waals surface area (Å²) in [6.45, 7) is 7.52. The Morgan fingerprint density at radius 3 is 1.92 bits per heavy atom. The van der Waals surface area contributed by atoms with Crippen LogP contribution in [0.15, 0.2) is 0 Å². The molecule has 79 valence electrons. The minimum atomic E-state index is 0. The second kappa shape index (κ2) is 7.87. The number of nitrogens with one attached hydrogen (secondary N) is 2. The maximum atomic E-state index is 3.57. The molecule has 2 fully saturated rings. The average Bonchev–Trinajstić information content (AvgIpc) is 2.07. The molecule has 1 radical (unpaired) electrons. The van der Waals surface area contributed by atoms with Gasteiger partial charge in [0.15, 0.2) is 0 Å². The van der Waals surface area contributed by atoms with Crippen LogP contribution in [0.1, 0.15) is 33.1 Å². The fourth-order valence-electron chi connectivity index (χ4n) is 1.76. The molecule has 2 rings (SSSR count). The maximum absolute atomic E-state index is 3.57. The summed E-state index contributed by atoms with van der Waals surface area (Å²) in [6, 6.07) is 0. The van der Waals surface area contributed by atoms with Gasteiger partial charge in [0.05, 0.1) is 0 Å². The molecule has 0 aromatic heterocycles. The first-order chi connectivity index (χ1) is 5.41. The molecule has 3 heteroatoms. The molecule has 2 nitrogen and oxygen atoms in total. The van der Waals surface area contributed by atoms with Crippen LogP contribution in [-0.4, -0.2) is 25.2 Å². The summed E-state index contributed by atoms with van der Waals surface area (Å²) >= 11 is 0. The van der Waals surface area contributed by atoms with E-state index in [0.717, 1.165) is 6.54 Å². The van der Waals surface area contributed by atoms with Gasteiger partial charge in [-0.3, -0.25) is 0 Å². The average molecular weight is 222 g/mol. The van der Waals surface area contributed by atoms with E-state index in [1.165, 1.54) is 32.4 Å². The van der Waals surface area contributed by atoms with E-state index in [2.05, 4.69) is 10.6 Å². The molecular formula is C10H23N2V-. The summed E-state index contributed by atoms with van der Waals surface area (Å²) in [4.78, 5) is 0. The van der Waals surface area contributed by atoms with Crippen molar-refractivity contribution in [1.82, 2.24) is 10.6 Å². The standard InChI is InChI=1S/C7H14N2.C2H6.CH3.V/c1-2-7(3-1)6-8-4-5-9-7;1-2;;/h8-9H,1-6H2;1-2H3;1H3;/q;;-1;. The molecule has 0 aromatic rings. The number of rotatable bonds is 0. The van der Waals surface area contributed by atoms with Gasteiger partial charge in [-0.05, 0) is 19.3 Å². The summed E-state index contributed by atoms with van der Waals surface area (Å²) in [7, 11) is 0. The van der Waals surface area contributed by atoms with Gasteiger partial charge in [0.2, 0.25) is 0 Å². The largest absolute Gasteiger partial charge is 0.358 e. The Hall–Kier alpha value is 0.504. The predicted molar refractivity (Wildman–Crippen MR) is 55.2 cm³/mol. The van der Waals surface area contributed by atoms with Crippen molar-refractivity contribution < 1.29 is 18.6 Å². The summed E-state index contributed by atoms with van der Waals surface area (Å²) in [5.41, 5.74) is 0.540. The quantitative estimate of drug-likeness (QED) is 0.608. The number of hydrogen-bond acceptors (Lipinski definition) is 2. The van der Waals surface area contributed by atoms with Crippen LogP contribution < -0.4 is 10.6 Å². The molecule has 2 N–H and O–H groups in total. The van der Waals surface area contributed by atoms with Crippen LogP contribution in [0, 0.1) is 7.43 Å². The molecule has 1 heterocycles. The van der Waals surface area contributed by atoms with Crippen LogP contribution >= 0.6 is 0 Å².